The zero-order chi connectivity index (χ0) is 16.6. The first-order valence-corrected chi connectivity index (χ1v) is 9.10. The number of benzene rings is 2. The van der Waals surface area contributed by atoms with E-state index in [1.807, 2.05) is 30.3 Å². The number of thioether (sulfide) groups is 1. The van der Waals surface area contributed by atoms with E-state index in [4.69, 9.17) is 0 Å². The van der Waals surface area contributed by atoms with Gasteiger partial charge in [-0.25, -0.2) is 0 Å². The Labute approximate surface area is 158 Å². The molecule has 1 N–H and O–H groups in total. The van der Waals surface area contributed by atoms with Gasteiger partial charge < -0.3 is 17.7 Å². The van der Waals surface area contributed by atoms with Gasteiger partial charge in [0.05, 0.1) is 5.69 Å². The zero-order valence-corrected chi connectivity index (χ0v) is 15.7. The number of hydrogen-bond acceptors (Lipinski definition) is 5. The molecule has 0 unspecified atom stereocenters. The molecule has 0 aliphatic heterocycles. The van der Waals surface area contributed by atoms with Gasteiger partial charge in [0.15, 0.2) is 0 Å². The molecular weight excluding hydrogens is 354 g/mol. The minimum absolute atomic E-state index is 0. The van der Waals surface area contributed by atoms with Crippen molar-refractivity contribution in [2.24, 2.45) is 0 Å². The molecular formula is C18H21ClN5S-. The SMILES string of the molecule is CCc1ccc(CNCCSc2nnnn2-c2ccccc2)cc1.[Cl-]. The van der Waals surface area contributed by atoms with Crippen molar-refractivity contribution < 1.29 is 12.4 Å². The second-order valence-corrected chi connectivity index (χ2v) is 6.47. The first-order chi connectivity index (χ1) is 11.9. The van der Waals surface area contributed by atoms with Crippen molar-refractivity contribution in [1.29, 1.82) is 0 Å². The molecule has 0 amide bonds. The normalized spacial score (nSPS) is 10.4. The third-order valence-electron chi connectivity index (χ3n) is 3.71. The third kappa shape index (κ3) is 5.56. The highest BCUT2D eigenvalue weighted by Crippen LogP contribution is 2.17. The van der Waals surface area contributed by atoms with E-state index in [2.05, 4.69) is 52.0 Å². The summed E-state index contributed by atoms with van der Waals surface area (Å²) in [6.07, 6.45) is 1.08. The Morgan fingerprint density at radius 2 is 1.72 bits per heavy atom. The molecule has 25 heavy (non-hydrogen) atoms. The third-order valence-corrected chi connectivity index (χ3v) is 4.63. The van der Waals surface area contributed by atoms with E-state index >= 15 is 0 Å². The minimum atomic E-state index is 0. The van der Waals surface area contributed by atoms with E-state index in [9.17, 15) is 0 Å². The van der Waals surface area contributed by atoms with Crippen LogP contribution in [0.3, 0.4) is 0 Å². The van der Waals surface area contributed by atoms with Crippen LogP contribution < -0.4 is 17.7 Å². The number of aromatic nitrogens is 4. The van der Waals surface area contributed by atoms with Crippen molar-refractivity contribution in [2.45, 2.75) is 25.0 Å². The van der Waals surface area contributed by atoms with Gasteiger partial charge in [0.1, 0.15) is 0 Å². The Kier molecular flexibility index (Phi) is 7.91. The molecule has 0 spiro atoms. The second-order valence-electron chi connectivity index (χ2n) is 5.40. The van der Waals surface area contributed by atoms with Crippen molar-refractivity contribution in [3.05, 3.63) is 65.7 Å². The van der Waals surface area contributed by atoms with Crippen LogP contribution in [0.2, 0.25) is 0 Å². The maximum atomic E-state index is 4.10. The van der Waals surface area contributed by atoms with Gasteiger partial charge >= 0.3 is 0 Å². The largest absolute Gasteiger partial charge is 1.00 e. The van der Waals surface area contributed by atoms with Gasteiger partial charge in [0.2, 0.25) is 5.16 Å². The number of hydrogen-bond donors (Lipinski definition) is 1. The minimum Gasteiger partial charge on any atom is -1.00 e. The van der Waals surface area contributed by atoms with E-state index in [-0.39, 0.29) is 12.4 Å². The lowest BCUT2D eigenvalue weighted by Gasteiger charge is -2.06. The van der Waals surface area contributed by atoms with Crippen molar-refractivity contribution >= 4 is 11.8 Å². The molecule has 0 fully saturated rings. The highest BCUT2D eigenvalue weighted by atomic mass is 35.5. The monoisotopic (exact) mass is 374 g/mol. The number of tetrazole rings is 1. The summed E-state index contributed by atoms with van der Waals surface area (Å²) in [7, 11) is 0. The van der Waals surface area contributed by atoms with Crippen LogP contribution in [-0.2, 0) is 13.0 Å². The molecule has 5 nitrogen and oxygen atoms in total. The summed E-state index contributed by atoms with van der Waals surface area (Å²) in [5.41, 5.74) is 3.67. The highest BCUT2D eigenvalue weighted by molar-refractivity contribution is 7.99. The molecule has 0 saturated heterocycles. The Bertz CT molecular complexity index is 746. The Hall–Kier alpha value is -1.89. The Morgan fingerprint density at radius 1 is 1.00 bits per heavy atom. The Balaban J connectivity index is 0.00000225. The molecule has 1 heterocycles. The number of halogens is 1. The lowest BCUT2D eigenvalue weighted by atomic mass is 10.1. The first kappa shape index (κ1) is 19.4. The fourth-order valence-corrected chi connectivity index (χ4v) is 3.13. The summed E-state index contributed by atoms with van der Waals surface area (Å²) in [5.74, 6) is 0.917. The number of nitrogens with one attached hydrogen (secondary N) is 1. The molecule has 2 aromatic carbocycles. The number of para-hydroxylation sites is 1. The van der Waals surface area contributed by atoms with Crippen LogP contribution in [0.4, 0.5) is 0 Å². The number of rotatable bonds is 8. The molecule has 7 heteroatoms. The van der Waals surface area contributed by atoms with Crippen LogP contribution in [0.5, 0.6) is 0 Å². The van der Waals surface area contributed by atoms with Crippen molar-refractivity contribution in [3.8, 4) is 5.69 Å². The molecule has 0 radical (unpaired) electrons. The van der Waals surface area contributed by atoms with E-state index in [0.717, 1.165) is 36.1 Å². The van der Waals surface area contributed by atoms with Crippen LogP contribution in [0.15, 0.2) is 59.8 Å². The van der Waals surface area contributed by atoms with Gasteiger partial charge in [-0.2, -0.15) is 4.68 Å². The summed E-state index contributed by atoms with van der Waals surface area (Å²) in [6.45, 7) is 3.96. The predicted molar refractivity (Wildman–Crippen MR) is 97.4 cm³/mol. The van der Waals surface area contributed by atoms with Crippen molar-refractivity contribution in [2.75, 3.05) is 12.3 Å². The predicted octanol–water partition coefficient (Wildman–Crippen LogP) is 0.111. The van der Waals surface area contributed by atoms with E-state index < -0.39 is 0 Å². The molecule has 132 valence electrons. The average molecular weight is 375 g/mol. The lowest BCUT2D eigenvalue weighted by Crippen LogP contribution is -3.00. The van der Waals surface area contributed by atoms with Gasteiger partial charge in [-0.15, -0.1) is 5.10 Å². The summed E-state index contributed by atoms with van der Waals surface area (Å²) in [5, 5.41) is 16.2. The maximum Gasteiger partial charge on any atom is 0.214 e. The molecule has 0 aliphatic rings. The summed E-state index contributed by atoms with van der Waals surface area (Å²) < 4.78 is 1.77. The summed E-state index contributed by atoms with van der Waals surface area (Å²) >= 11 is 1.65. The van der Waals surface area contributed by atoms with Gasteiger partial charge in [0, 0.05) is 18.8 Å². The standard InChI is InChI=1S/C18H21N5S.ClH/c1-2-15-8-10-16(11-9-15)14-19-12-13-24-18-20-21-22-23(18)17-6-4-3-5-7-17;/h3-11,19H,2,12-14H2,1H3;1H/p-1. The van der Waals surface area contributed by atoms with Crippen LogP contribution in [0.25, 0.3) is 5.69 Å². The number of nitrogens with zero attached hydrogens (tertiary/aromatic N) is 4. The summed E-state index contributed by atoms with van der Waals surface area (Å²) in [6, 6.07) is 18.7. The van der Waals surface area contributed by atoms with E-state index in [1.165, 1.54) is 11.1 Å². The quantitative estimate of drug-likeness (QED) is 0.448. The van der Waals surface area contributed by atoms with Crippen LogP contribution >= 0.6 is 11.8 Å². The van der Waals surface area contributed by atoms with Crippen molar-refractivity contribution in [3.63, 3.8) is 0 Å². The topological polar surface area (TPSA) is 55.6 Å². The number of aryl methyl sites for hydroxylation is 1. The van der Waals surface area contributed by atoms with Gasteiger partial charge in [0.25, 0.3) is 0 Å². The van der Waals surface area contributed by atoms with Gasteiger partial charge in [-0.05, 0) is 40.1 Å². The molecule has 1 aromatic heterocycles. The fourth-order valence-electron chi connectivity index (χ4n) is 2.34. The maximum absolute atomic E-state index is 4.10. The van der Waals surface area contributed by atoms with Crippen LogP contribution in [-0.4, -0.2) is 32.5 Å². The van der Waals surface area contributed by atoms with Crippen molar-refractivity contribution in [1.82, 2.24) is 25.5 Å². The molecule has 0 aliphatic carbocycles. The average Bonchev–Trinajstić information content (AvgIpc) is 3.11. The van der Waals surface area contributed by atoms with E-state index in [0.29, 0.717) is 0 Å². The van der Waals surface area contributed by atoms with Gasteiger partial charge in [-0.1, -0.05) is 61.2 Å². The smallest absolute Gasteiger partial charge is 0.214 e. The molecule has 0 atom stereocenters. The fraction of sp³-hybridized carbons (Fsp3) is 0.278. The van der Waals surface area contributed by atoms with Crippen LogP contribution in [0, 0.1) is 0 Å². The molecule has 3 aromatic rings. The molecule has 3 rings (SSSR count). The zero-order valence-electron chi connectivity index (χ0n) is 14.1. The lowest BCUT2D eigenvalue weighted by molar-refractivity contribution is -0.00000503. The van der Waals surface area contributed by atoms with Gasteiger partial charge in [-0.3, -0.25) is 0 Å². The Morgan fingerprint density at radius 3 is 2.44 bits per heavy atom. The molecule has 0 saturated carbocycles. The van der Waals surface area contributed by atoms with E-state index in [1.54, 1.807) is 16.4 Å². The van der Waals surface area contributed by atoms with Crippen LogP contribution in [0.1, 0.15) is 18.1 Å². The molecule has 0 bridgehead atoms. The second kappa shape index (κ2) is 10.2. The highest BCUT2D eigenvalue weighted by Gasteiger charge is 2.07. The summed E-state index contributed by atoms with van der Waals surface area (Å²) in [4.78, 5) is 0. The first-order valence-electron chi connectivity index (χ1n) is 8.12.